The molecule has 1 aromatic rings. The SMILES string of the molecule is CSCCC(N)C(=O)O.Cl.NC(CO)C(=O)O.NC(Cc1ccccc1)C(=O)O.O=C(O)[C@@H]1CCCN1. The van der Waals surface area contributed by atoms with E-state index in [1.807, 2.05) is 36.6 Å². The van der Waals surface area contributed by atoms with Crippen LogP contribution in [0.25, 0.3) is 0 Å². The molecule has 1 saturated heterocycles. The summed E-state index contributed by atoms with van der Waals surface area (Å²) < 4.78 is 0. The lowest BCUT2D eigenvalue weighted by atomic mass is 10.1. The Kier molecular flexibility index (Phi) is 25.2. The number of carboxylic acids is 4. The van der Waals surface area contributed by atoms with Gasteiger partial charge in [0.25, 0.3) is 0 Å². The van der Waals surface area contributed by atoms with Crippen LogP contribution in [0.15, 0.2) is 30.3 Å². The molecule has 0 aromatic heterocycles. The van der Waals surface area contributed by atoms with E-state index in [2.05, 4.69) is 5.32 Å². The molecule has 1 aromatic carbocycles. The third-order valence-corrected chi connectivity index (χ3v) is 5.08. The first kappa shape index (κ1) is 39.1. The van der Waals surface area contributed by atoms with E-state index in [4.69, 9.17) is 42.7 Å². The van der Waals surface area contributed by atoms with Gasteiger partial charge in [-0.05, 0) is 49.8 Å². The molecule has 1 aliphatic heterocycles. The molecular formula is C22H39ClN4O9S. The predicted octanol–water partition coefficient (Wildman–Crippen LogP) is -0.572. The van der Waals surface area contributed by atoms with Crippen LogP contribution in [0.4, 0.5) is 0 Å². The maximum atomic E-state index is 10.4. The molecule has 0 bridgehead atoms. The number of nitrogens with one attached hydrogen (secondary N) is 1. The van der Waals surface area contributed by atoms with E-state index in [0.29, 0.717) is 12.8 Å². The van der Waals surface area contributed by atoms with Crippen molar-refractivity contribution in [1.29, 1.82) is 0 Å². The van der Waals surface area contributed by atoms with Gasteiger partial charge in [-0.15, -0.1) is 12.4 Å². The van der Waals surface area contributed by atoms with Crippen molar-refractivity contribution < 1.29 is 44.7 Å². The summed E-state index contributed by atoms with van der Waals surface area (Å²) in [6, 6.07) is 6.47. The van der Waals surface area contributed by atoms with Crippen molar-refractivity contribution in [3.63, 3.8) is 0 Å². The van der Waals surface area contributed by atoms with E-state index >= 15 is 0 Å². The fourth-order valence-corrected chi connectivity index (χ4v) is 2.79. The minimum atomic E-state index is -1.18. The van der Waals surface area contributed by atoms with Gasteiger partial charge in [0.1, 0.15) is 24.2 Å². The number of hydrogen-bond acceptors (Lipinski definition) is 10. The van der Waals surface area contributed by atoms with E-state index in [1.165, 1.54) is 0 Å². The summed E-state index contributed by atoms with van der Waals surface area (Å²) in [6.07, 6.45) is 4.65. The topological polar surface area (TPSA) is 260 Å². The van der Waals surface area contributed by atoms with Gasteiger partial charge in [0.05, 0.1) is 6.61 Å². The Morgan fingerprint density at radius 2 is 1.46 bits per heavy atom. The lowest BCUT2D eigenvalue weighted by molar-refractivity contribution is -0.140. The maximum absolute atomic E-state index is 10.4. The van der Waals surface area contributed by atoms with Crippen molar-refractivity contribution in [1.82, 2.24) is 5.32 Å². The average molecular weight is 571 g/mol. The van der Waals surface area contributed by atoms with Crippen LogP contribution in [-0.2, 0) is 25.6 Å². The van der Waals surface area contributed by atoms with Crippen LogP contribution in [-0.4, -0.2) is 98.7 Å². The van der Waals surface area contributed by atoms with Gasteiger partial charge >= 0.3 is 23.9 Å². The minimum Gasteiger partial charge on any atom is -0.480 e. The first-order valence-electron chi connectivity index (χ1n) is 10.9. The van der Waals surface area contributed by atoms with Crippen molar-refractivity contribution in [3.05, 3.63) is 35.9 Å². The summed E-state index contributed by atoms with van der Waals surface area (Å²) in [5.41, 5.74) is 16.3. The third kappa shape index (κ3) is 22.5. The number of thioether (sulfide) groups is 1. The molecule has 1 heterocycles. The van der Waals surface area contributed by atoms with Gasteiger partial charge in [-0.25, -0.2) is 0 Å². The molecule has 13 nitrogen and oxygen atoms in total. The molecule has 37 heavy (non-hydrogen) atoms. The largest absolute Gasteiger partial charge is 0.480 e. The number of benzene rings is 1. The Bertz CT molecular complexity index is 772. The Morgan fingerprint density at radius 3 is 1.76 bits per heavy atom. The van der Waals surface area contributed by atoms with Gasteiger partial charge in [-0.2, -0.15) is 11.8 Å². The molecule has 4 atom stereocenters. The average Bonchev–Trinajstić information content (AvgIpc) is 3.39. The molecule has 0 spiro atoms. The van der Waals surface area contributed by atoms with Gasteiger partial charge < -0.3 is 48.1 Å². The highest BCUT2D eigenvalue weighted by molar-refractivity contribution is 7.98. The molecule has 15 heteroatoms. The highest BCUT2D eigenvalue weighted by Gasteiger charge is 2.20. The summed E-state index contributed by atoms with van der Waals surface area (Å²) >= 11 is 1.60. The monoisotopic (exact) mass is 570 g/mol. The van der Waals surface area contributed by atoms with Gasteiger partial charge in [-0.3, -0.25) is 19.2 Å². The van der Waals surface area contributed by atoms with Gasteiger partial charge in [0.2, 0.25) is 0 Å². The van der Waals surface area contributed by atoms with E-state index in [1.54, 1.807) is 11.8 Å². The lowest BCUT2D eigenvalue weighted by Gasteiger charge is -2.04. The fourth-order valence-electron chi connectivity index (χ4n) is 2.30. The third-order valence-electron chi connectivity index (χ3n) is 4.44. The smallest absolute Gasteiger partial charge is 0.322 e. The zero-order valence-corrected chi connectivity index (χ0v) is 22.2. The minimum absolute atomic E-state index is 0. The zero-order chi connectivity index (χ0) is 28.1. The number of nitrogens with two attached hydrogens (primary N) is 3. The van der Waals surface area contributed by atoms with Crippen LogP contribution in [0.1, 0.15) is 24.8 Å². The number of halogens is 1. The second kappa shape index (κ2) is 23.9. The van der Waals surface area contributed by atoms with Crippen LogP contribution < -0.4 is 22.5 Å². The molecular weight excluding hydrogens is 532 g/mol. The van der Waals surface area contributed by atoms with Crippen molar-refractivity contribution in [2.45, 2.75) is 49.9 Å². The molecule has 0 saturated carbocycles. The molecule has 12 N–H and O–H groups in total. The van der Waals surface area contributed by atoms with Crippen LogP contribution in [0.3, 0.4) is 0 Å². The summed E-state index contributed by atoms with van der Waals surface area (Å²) in [6.45, 7) is 0.353. The standard InChI is InChI=1S/C9H11NO2.C5H11NO2S.C5H9NO2.C3H7NO3.ClH/c10-8(9(11)12)6-7-4-2-1-3-5-7;1-9-3-2-4(6)5(7)8;7-5(8)4-2-1-3-6-4;4-2(1-5)3(6)7;/h1-5,8H,6,10H2,(H,11,12);4H,2-3,6H2,1H3,(H,7,8);4,6H,1-3H2,(H,7,8);2,5H,1,4H2,(H,6,7);1H/t;;4-;;/m..0../s1. The fraction of sp³-hybridized carbons (Fsp3) is 0.545. The van der Waals surface area contributed by atoms with Crippen molar-refractivity contribution in [3.8, 4) is 0 Å². The van der Waals surface area contributed by atoms with Crippen LogP contribution in [0, 0.1) is 0 Å². The van der Waals surface area contributed by atoms with Gasteiger partial charge in [0, 0.05) is 0 Å². The predicted molar refractivity (Wildman–Crippen MR) is 143 cm³/mol. The Morgan fingerprint density at radius 1 is 0.946 bits per heavy atom. The number of aliphatic hydroxyl groups excluding tert-OH is 1. The summed E-state index contributed by atoms with van der Waals surface area (Å²) in [4.78, 5) is 40.2. The van der Waals surface area contributed by atoms with E-state index < -0.39 is 48.6 Å². The maximum Gasteiger partial charge on any atom is 0.322 e. The van der Waals surface area contributed by atoms with Gasteiger partial charge in [-0.1, -0.05) is 30.3 Å². The molecule has 1 aliphatic rings. The molecule has 1 fully saturated rings. The van der Waals surface area contributed by atoms with Crippen LogP contribution in [0.2, 0.25) is 0 Å². The Balaban J connectivity index is -0.000000422. The number of hydrogen-bond donors (Lipinski definition) is 9. The Hall–Kier alpha value is -2.46. The highest BCUT2D eigenvalue weighted by Crippen LogP contribution is 2.03. The number of rotatable bonds is 10. The first-order chi connectivity index (χ1) is 16.9. The number of aliphatic carboxylic acids is 4. The lowest BCUT2D eigenvalue weighted by Crippen LogP contribution is -2.33. The summed E-state index contributed by atoms with van der Waals surface area (Å²) in [5.74, 6) is -2.96. The molecule has 2 rings (SSSR count). The molecule has 3 unspecified atom stereocenters. The molecule has 214 valence electrons. The summed E-state index contributed by atoms with van der Waals surface area (Å²) in [7, 11) is 0. The molecule has 0 radical (unpaired) electrons. The molecule has 0 aliphatic carbocycles. The van der Waals surface area contributed by atoms with Gasteiger partial charge in [0.15, 0.2) is 0 Å². The second-order valence-corrected chi connectivity index (χ2v) is 8.46. The second-order valence-electron chi connectivity index (χ2n) is 7.48. The zero-order valence-electron chi connectivity index (χ0n) is 20.6. The van der Waals surface area contributed by atoms with Crippen molar-refractivity contribution in [2.24, 2.45) is 17.2 Å². The first-order valence-corrected chi connectivity index (χ1v) is 12.3. The van der Waals surface area contributed by atoms with E-state index in [0.717, 1.165) is 30.7 Å². The van der Waals surface area contributed by atoms with Crippen molar-refractivity contribution in [2.75, 3.05) is 25.2 Å². The number of carbonyl (C=O) groups is 4. The van der Waals surface area contributed by atoms with Crippen molar-refractivity contribution >= 4 is 48.0 Å². The van der Waals surface area contributed by atoms with Crippen LogP contribution >= 0.6 is 24.2 Å². The normalized spacial score (nSPS) is 15.9. The Labute approximate surface area is 226 Å². The number of aliphatic hydroxyl groups is 1. The quantitative estimate of drug-likeness (QED) is 0.170. The highest BCUT2D eigenvalue weighted by atomic mass is 35.5. The summed E-state index contributed by atoms with van der Waals surface area (Å²) in [5, 5.41) is 43.9. The van der Waals surface area contributed by atoms with Crippen LogP contribution in [0.5, 0.6) is 0 Å². The van der Waals surface area contributed by atoms with E-state index in [9.17, 15) is 19.2 Å². The molecule has 0 amide bonds. The van der Waals surface area contributed by atoms with E-state index in [-0.39, 0.29) is 18.4 Å². The number of carboxylic acid groups (broad SMARTS) is 4.